The molecule has 3 nitrogen and oxygen atoms in total. The van der Waals surface area contributed by atoms with Crippen LogP contribution in [0, 0.1) is 0 Å². The van der Waals surface area contributed by atoms with Crippen LogP contribution in [0.5, 0.6) is 0 Å². The van der Waals surface area contributed by atoms with Gasteiger partial charge in [0.1, 0.15) is 6.42 Å². The van der Waals surface area contributed by atoms with Crippen molar-refractivity contribution in [1.29, 1.82) is 0 Å². The average molecular weight is 215 g/mol. The van der Waals surface area contributed by atoms with Gasteiger partial charge >= 0.3 is 5.97 Å². The van der Waals surface area contributed by atoms with Gasteiger partial charge in [-0.2, -0.15) is 0 Å². The number of benzene rings is 1. The number of aliphatic carboxylic acids is 1. The van der Waals surface area contributed by atoms with E-state index in [2.05, 4.69) is 5.32 Å². The summed E-state index contributed by atoms with van der Waals surface area (Å²) in [5.74, 6) is -4.74. The minimum Gasteiger partial charge on any atom is -0.481 e. The average Bonchev–Trinajstić information content (AvgIpc) is 2.15. The molecule has 0 fully saturated rings. The van der Waals surface area contributed by atoms with Gasteiger partial charge in [-0.05, 0) is 12.1 Å². The molecule has 5 heteroatoms. The molecule has 0 aliphatic rings. The highest BCUT2D eigenvalue weighted by atomic mass is 19.3. The maximum absolute atomic E-state index is 12.9. The van der Waals surface area contributed by atoms with Gasteiger partial charge in [0.25, 0.3) is 5.92 Å². The van der Waals surface area contributed by atoms with Crippen molar-refractivity contribution >= 4 is 11.7 Å². The van der Waals surface area contributed by atoms with E-state index in [9.17, 15) is 13.6 Å². The van der Waals surface area contributed by atoms with Crippen LogP contribution in [0.1, 0.15) is 6.42 Å². The summed E-state index contributed by atoms with van der Waals surface area (Å²) >= 11 is 0. The van der Waals surface area contributed by atoms with Crippen molar-refractivity contribution in [3.8, 4) is 0 Å². The maximum Gasteiger partial charge on any atom is 0.309 e. The first-order chi connectivity index (χ1) is 6.99. The van der Waals surface area contributed by atoms with Crippen molar-refractivity contribution in [1.82, 2.24) is 0 Å². The molecule has 1 rings (SSSR count). The lowest BCUT2D eigenvalue weighted by atomic mass is 10.2. The van der Waals surface area contributed by atoms with E-state index in [0.717, 1.165) is 0 Å². The number of halogens is 2. The summed E-state index contributed by atoms with van der Waals surface area (Å²) in [5, 5.41) is 10.7. The van der Waals surface area contributed by atoms with Gasteiger partial charge in [0.15, 0.2) is 0 Å². The van der Waals surface area contributed by atoms with E-state index in [1.807, 2.05) is 0 Å². The van der Waals surface area contributed by atoms with Crippen LogP contribution in [0.2, 0.25) is 0 Å². The zero-order valence-corrected chi connectivity index (χ0v) is 7.91. The third-order valence-electron chi connectivity index (χ3n) is 1.73. The first kappa shape index (κ1) is 11.4. The Labute approximate surface area is 85.7 Å². The summed E-state index contributed by atoms with van der Waals surface area (Å²) in [6, 6.07) is 8.45. The fourth-order valence-corrected chi connectivity index (χ4v) is 1.07. The Balaban J connectivity index is 2.46. The summed E-state index contributed by atoms with van der Waals surface area (Å²) in [4.78, 5) is 10.1. The van der Waals surface area contributed by atoms with Crippen LogP contribution in [-0.4, -0.2) is 23.5 Å². The van der Waals surface area contributed by atoms with Crippen LogP contribution >= 0.6 is 0 Å². The summed E-state index contributed by atoms with van der Waals surface area (Å²) in [7, 11) is 0. The minimum absolute atomic E-state index is 0.544. The fourth-order valence-electron chi connectivity index (χ4n) is 1.07. The zero-order valence-electron chi connectivity index (χ0n) is 7.91. The Morgan fingerprint density at radius 3 is 2.47 bits per heavy atom. The fraction of sp³-hybridized carbons (Fsp3) is 0.300. The second-order valence-corrected chi connectivity index (χ2v) is 3.15. The molecule has 0 saturated heterocycles. The molecule has 0 unspecified atom stereocenters. The van der Waals surface area contributed by atoms with Gasteiger partial charge < -0.3 is 10.4 Å². The van der Waals surface area contributed by atoms with Crippen molar-refractivity contribution in [2.24, 2.45) is 0 Å². The van der Waals surface area contributed by atoms with Crippen molar-refractivity contribution in [2.45, 2.75) is 12.3 Å². The number of anilines is 1. The second kappa shape index (κ2) is 4.72. The molecule has 0 aliphatic carbocycles. The normalized spacial score (nSPS) is 11.1. The smallest absolute Gasteiger partial charge is 0.309 e. The van der Waals surface area contributed by atoms with Crippen LogP contribution < -0.4 is 5.32 Å². The molecule has 82 valence electrons. The number of hydrogen-bond donors (Lipinski definition) is 2. The minimum atomic E-state index is -3.23. The number of alkyl halides is 2. The third kappa shape index (κ3) is 4.39. The lowest BCUT2D eigenvalue weighted by Crippen LogP contribution is -2.29. The van der Waals surface area contributed by atoms with Crippen molar-refractivity contribution in [2.75, 3.05) is 11.9 Å². The molecule has 2 N–H and O–H groups in total. The Kier molecular flexibility index (Phi) is 3.60. The quantitative estimate of drug-likeness (QED) is 0.791. The Morgan fingerprint density at radius 2 is 1.93 bits per heavy atom. The van der Waals surface area contributed by atoms with E-state index in [4.69, 9.17) is 5.11 Å². The predicted octanol–water partition coefficient (Wildman–Crippen LogP) is 2.21. The van der Waals surface area contributed by atoms with Gasteiger partial charge in [0.05, 0.1) is 6.54 Å². The number of nitrogens with one attached hydrogen (secondary N) is 1. The first-order valence-electron chi connectivity index (χ1n) is 4.38. The Hall–Kier alpha value is -1.65. The zero-order chi connectivity index (χ0) is 11.3. The molecule has 0 aliphatic heterocycles. The Morgan fingerprint density at radius 1 is 1.33 bits per heavy atom. The summed E-state index contributed by atoms with van der Waals surface area (Å²) in [5.41, 5.74) is 0.544. The van der Waals surface area contributed by atoms with Gasteiger partial charge in [-0.3, -0.25) is 4.79 Å². The van der Waals surface area contributed by atoms with Gasteiger partial charge in [-0.1, -0.05) is 18.2 Å². The molecule has 0 bridgehead atoms. The van der Waals surface area contributed by atoms with E-state index < -0.39 is 24.9 Å². The molecule has 0 radical (unpaired) electrons. The highest BCUT2D eigenvalue weighted by Crippen LogP contribution is 2.19. The van der Waals surface area contributed by atoms with Crippen molar-refractivity contribution in [3.05, 3.63) is 30.3 Å². The second-order valence-electron chi connectivity index (χ2n) is 3.15. The molecular weight excluding hydrogens is 204 g/mol. The number of carbonyl (C=O) groups is 1. The number of para-hydroxylation sites is 1. The van der Waals surface area contributed by atoms with Gasteiger partial charge in [-0.25, -0.2) is 8.78 Å². The molecule has 0 amide bonds. The van der Waals surface area contributed by atoms with Crippen LogP contribution in [0.15, 0.2) is 30.3 Å². The molecule has 0 atom stereocenters. The van der Waals surface area contributed by atoms with Crippen LogP contribution in [0.25, 0.3) is 0 Å². The molecule has 1 aromatic carbocycles. The molecule has 15 heavy (non-hydrogen) atoms. The van der Waals surface area contributed by atoms with Gasteiger partial charge in [0, 0.05) is 5.69 Å². The molecule has 0 heterocycles. The number of carboxylic acid groups (broad SMARTS) is 1. The van der Waals surface area contributed by atoms with Crippen molar-refractivity contribution in [3.63, 3.8) is 0 Å². The molecule has 1 aromatic rings. The van der Waals surface area contributed by atoms with Crippen LogP contribution in [0.3, 0.4) is 0 Å². The van der Waals surface area contributed by atoms with Crippen molar-refractivity contribution < 1.29 is 18.7 Å². The first-order valence-corrected chi connectivity index (χ1v) is 4.38. The SMILES string of the molecule is O=C(O)CC(F)(F)CNc1ccccc1. The summed E-state index contributed by atoms with van der Waals surface area (Å²) in [6.45, 7) is -0.677. The lowest BCUT2D eigenvalue weighted by molar-refractivity contribution is -0.144. The Bertz CT molecular complexity index is 327. The van der Waals surface area contributed by atoms with E-state index in [1.54, 1.807) is 30.3 Å². The summed E-state index contributed by atoms with van der Waals surface area (Å²) in [6.07, 6.45) is -1.16. The standard InChI is InChI=1S/C10H11F2NO2/c11-10(12,6-9(14)15)7-13-8-4-2-1-3-5-8/h1-5,13H,6-7H2,(H,14,15). The van der Waals surface area contributed by atoms with E-state index in [1.165, 1.54) is 0 Å². The number of carboxylic acids is 1. The molecule has 0 saturated carbocycles. The molecule has 0 aromatic heterocycles. The summed E-state index contributed by atoms with van der Waals surface area (Å²) < 4.78 is 25.8. The van der Waals surface area contributed by atoms with Crippen LogP contribution in [0.4, 0.5) is 14.5 Å². The maximum atomic E-state index is 12.9. The van der Waals surface area contributed by atoms with Gasteiger partial charge in [0.2, 0.25) is 0 Å². The lowest BCUT2D eigenvalue weighted by Gasteiger charge is -2.15. The number of rotatable bonds is 5. The topological polar surface area (TPSA) is 49.3 Å². The van der Waals surface area contributed by atoms with Gasteiger partial charge in [-0.15, -0.1) is 0 Å². The highest BCUT2D eigenvalue weighted by Gasteiger charge is 2.31. The molecular formula is C10H11F2NO2. The van der Waals surface area contributed by atoms with E-state index in [0.29, 0.717) is 5.69 Å². The predicted molar refractivity (Wildman–Crippen MR) is 52.1 cm³/mol. The largest absolute Gasteiger partial charge is 0.481 e. The highest BCUT2D eigenvalue weighted by molar-refractivity contribution is 5.68. The number of hydrogen-bond acceptors (Lipinski definition) is 2. The van der Waals surface area contributed by atoms with Crippen LogP contribution in [-0.2, 0) is 4.79 Å². The van der Waals surface area contributed by atoms with E-state index >= 15 is 0 Å². The van der Waals surface area contributed by atoms with E-state index in [-0.39, 0.29) is 0 Å². The molecule has 0 spiro atoms. The third-order valence-corrected chi connectivity index (χ3v) is 1.73. The monoisotopic (exact) mass is 215 g/mol.